The summed E-state index contributed by atoms with van der Waals surface area (Å²) in [6, 6.07) is 5.99. The third-order valence-electron chi connectivity index (χ3n) is 3.99. The topological polar surface area (TPSA) is 93.8 Å². The van der Waals surface area contributed by atoms with Crippen molar-refractivity contribution in [3.63, 3.8) is 0 Å². The van der Waals surface area contributed by atoms with Crippen molar-refractivity contribution in [1.82, 2.24) is 9.71 Å². The van der Waals surface area contributed by atoms with Gasteiger partial charge in [-0.15, -0.1) is 4.73 Å². The molecule has 0 radical (unpaired) electrons. The van der Waals surface area contributed by atoms with E-state index in [-0.39, 0.29) is 23.2 Å². The molecule has 24 heavy (non-hydrogen) atoms. The summed E-state index contributed by atoms with van der Waals surface area (Å²) in [5.41, 5.74) is 0.454. The Bertz CT molecular complexity index is 755. The van der Waals surface area contributed by atoms with Gasteiger partial charge in [-0.25, -0.2) is 4.98 Å². The Kier molecular flexibility index (Phi) is 5.46. The number of nitrogens with zero attached hydrogens (tertiary/aromatic N) is 2. The van der Waals surface area contributed by atoms with E-state index in [9.17, 15) is 15.0 Å². The Labute approximate surface area is 140 Å². The van der Waals surface area contributed by atoms with Crippen molar-refractivity contribution in [3.05, 3.63) is 51.6 Å². The molecule has 1 aromatic heterocycles. The molecule has 0 fully saturated rings. The van der Waals surface area contributed by atoms with Gasteiger partial charge in [-0.05, 0) is 24.1 Å². The quantitative estimate of drug-likeness (QED) is 0.833. The number of methoxy groups -OCH3 is 1. The van der Waals surface area contributed by atoms with Gasteiger partial charge >= 0.3 is 5.56 Å². The summed E-state index contributed by atoms with van der Waals surface area (Å²) in [5, 5.41) is 20.1. The van der Waals surface area contributed by atoms with Crippen LogP contribution in [0.5, 0.6) is 11.6 Å². The van der Waals surface area contributed by atoms with Gasteiger partial charge in [-0.3, -0.25) is 4.79 Å². The number of hydrogen-bond donors (Lipinski definition) is 2. The van der Waals surface area contributed by atoms with Crippen LogP contribution >= 0.6 is 0 Å². The molecule has 1 heterocycles. The van der Waals surface area contributed by atoms with Gasteiger partial charge in [0.05, 0.1) is 7.11 Å². The lowest BCUT2D eigenvalue weighted by Crippen LogP contribution is -2.34. The Morgan fingerprint density at radius 1 is 1.25 bits per heavy atom. The first-order valence-corrected chi connectivity index (χ1v) is 7.66. The Hall–Kier alpha value is -2.54. The molecule has 1 aromatic carbocycles. The van der Waals surface area contributed by atoms with Crippen LogP contribution in [0, 0.1) is 0 Å². The lowest BCUT2D eigenvalue weighted by atomic mass is 10.0. The van der Waals surface area contributed by atoms with Crippen molar-refractivity contribution >= 4 is 0 Å². The van der Waals surface area contributed by atoms with Gasteiger partial charge in [0.25, 0.3) is 0 Å². The van der Waals surface area contributed by atoms with Crippen LogP contribution in [0.2, 0.25) is 0 Å². The van der Waals surface area contributed by atoms with E-state index in [1.165, 1.54) is 26.4 Å². The second-order valence-electron chi connectivity index (χ2n) is 5.48. The molecular formula is C17H22N2O5. The van der Waals surface area contributed by atoms with E-state index in [0.717, 1.165) is 11.2 Å². The summed E-state index contributed by atoms with van der Waals surface area (Å²) >= 11 is 0. The molecule has 130 valence electrons. The second kappa shape index (κ2) is 7.35. The predicted octanol–water partition coefficient (Wildman–Crippen LogP) is 1.61. The molecule has 0 amide bonds. The highest BCUT2D eigenvalue weighted by molar-refractivity contribution is 5.35. The number of aromatic nitrogens is 2. The molecule has 2 atom stereocenters. The third-order valence-corrected chi connectivity index (χ3v) is 3.99. The monoisotopic (exact) mass is 334 g/mol. The highest BCUT2D eigenvalue weighted by Crippen LogP contribution is 2.29. The fourth-order valence-corrected chi connectivity index (χ4v) is 2.40. The van der Waals surface area contributed by atoms with Gasteiger partial charge in [0, 0.05) is 5.92 Å². The van der Waals surface area contributed by atoms with Crippen molar-refractivity contribution in [2.75, 3.05) is 14.2 Å². The molecule has 0 unspecified atom stereocenters. The molecule has 7 nitrogen and oxygen atoms in total. The van der Waals surface area contributed by atoms with E-state index in [2.05, 4.69) is 4.98 Å². The van der Waals surface area contributed by atoms with Gasteiger partial charge in [0.15, 0.2) is 5.69 Å². The van der Waals surface area contributed by atoms with Crippen LogP contribution in [-0.4, -0.2) is 34.1 Å². The van der Waals surface area contributed by atoms with E-state index >= 15 is 0 Å². The van der Waals surface area contributed by atoms with Crippen LogP contribution in [-0.2, 0) is 0 Å². The molecule has 0 saturated carbocycles. The SMILES string of the molecule is CC[C@@H](C)c1nc(OC)c([C@H](O)c2ccc(O)cc2)n(OC)c1=O. The zero-order chi connectivity index (χ0) is 17.9. The minimum Gasteiger partial charge on any atom is -0.508 e. The fraction of sp³-hybridized carbons (Fsp3) is 0.412. The average molecular weight is 334 g/mol. The van der Waals surface area contributed by atoms with Crippen LogP contribution in [0.4, 0.5) is 0 Å². The third kappa shape index (κ3) is 3.21. The van der Waals surface area contributed by atoms with E-state index in [1.54, 1.807) is 12.1 Å². The summed E-state index contributed by atoms with van der Waals surface area (Å²) in [5.74, 6) is 0.118. The summed E-state index contributed by atoms with van der Waals surface area (Å²) in [6.45, 7) is 3.84. The van der Waals surface area contributed by atoms with Crippen LogP contribution in [0.1, 0.15) is 49.2 Å². The van der Waals surface area contributed by atoms with Gasteiger partial charge in [-0.2, -0.15) is 0 Å². The van der Waals surface area contributed by atoms with Gasteiger partial charge in [0.1, 0.15) is 24.7 Å². The zero-order valence-corrected chi connectivity index (χ0v) is 14.2. The number of ether oxygens (including phenoxy) is 1. The Balaban J connectivity index is 2.66. The number of phenolic OH excluding ortho intramolecular Hbond substituents is 1. The molecular weight excluding hydrogens is 312 g/mol. The number of aromatic hydroxyl groups is 1. The average Bonchev–Trinajstić information content (AvgIpc) is 2.60. The minimum atomic E-state index is -1.20. The van der Waals surface area contributed by atoms with Gasteiger partial charge < -0.3 is 19.8 Å². The summed E-state index contributed by atoms with van der Waals surface area (Å²) < 4.78 is 6.29. The lowest BCUT2D eigenvalue weighted by molar-refractivity contribution is 0.108. The fourth-order valence-electron chi connectivity index (χ4n) is 2.40. The summed E-state index contributed by atoms with van der Waals surface area (Å²) in [6.07, 6.45) is -0.471. The molecule has 0 bridgehead atoms. The molecule has 7 heteroatoms. The maximum absolute atomic E-state index is 12.6. The second-order valence-corrected chi connectivity index (χ2v) is 5.48. The summed E-state index contributed by atoms with van der Waals surface area (Å²) in [4.78, 5) is 22.1. The Morgan fingerprint density at radius 3 is 2.38 bits per heavy atom. The number of phenols is 1. The van der Waals surface area contributed by atoms with E-state index in [0.29, 0.717) is 11.3 Å². The molecule has 0 spiro atoms. The normalized spacial score (nSPS) is 13.4. The number of rotatable bonds is 6. The maximum atomic E-state index is 12.6. The zero-order valence-electron chi connectivity index (χ0n) is 14.2. The highest BCUT2D eigenvalue weighted by Gasteiger charge is 2.27. The van der Waals surface area contributed by atoms with E-state index in [1.807, 2.05) is 13.8 Å². The van der Waals surface area contributed by atoms with Crippen molar-refractivity contribution in [2.24, 2.45) is 0 Å². The number of benzene rings is 1. The van der Waals surface area contributed by atoms with Gasteiger partial charge in [0.2, 0.25) is 5.88 Å². The van der Waals surface area contributed by atoms with Gasteiger partial charge in [-0.1, -0.05) is 26.0 Å². The summed E-state index contributed by atoms with van der Waals surface area (Å²) in [7, 11) is 2.76. The van der Waals surface area contributed by atoms with Crippen molar-refractivity contribution in [1.29, 1.82) is 0 Å². The van der Waals surface area contributed by atoms with Crippen LogP contribution in [0.25, 0.3) is 0 Å². The molecule has 2 N–H and O–H groups in total. The van der Waals surface area contributed by atoms with E-state index in [4.69, 9.17) is 9.57 Å². The first-order valence-electron chi connectivity index (χ1n) is 7.66. The lowest BCUT2D eigenvalue weighted by Gasteiger charge is -2.21. The molecule has 0 aliphatic rings. The van der Waals surface area contributed by atoms with Crippen LogP contribution in [0.3, 0.4) is 0 Å². The smallest absolute Gasteiger partial charge is 0.305 e. The van der Waals surface area contributed by atoms with Crippen molar-refractivity contribution < 1.29 is 19.8 Å². The van der Waals surface area contributed by atoms with E-state index < -0.39 is 11.7 Å². The van der Waals surface area contributed by atoms with Crippen LogP contribution in [0.15, 0.2) is 29.1 Å². The standard InChI is InChI=1S/C17H22N2O5/c1-5-10(2)13-17(22)19(24-4)14(16(18-13)23-3)15(21)11-6-8-12(20)9-7-11/h6-10,15,20-21H,5H2,1-4H3/t10-,15-/m1/s1. The first kappa shape index (κ1) is 17.8. The van der Waals surface area contributed by atoms with Crippen molar-refractivity contribution in [2.45, 2.75) is 32.3 Å². The molecule has 0 saturated heterocycles. The number of aliphatic hydroxyl groups is 1. The molecule has 0 aliphatic heterocycles. The predicted molar refractivity (Wildman–Crippen MR) is 88.4 cm³/mol. The largest absolute Gasteiger partial charge is 0.508 e. The molecule has 0 aliphatic carbocycles. The highest BCUT2D eigenvalue weighted by atomic mass is 16.7. The molecule has 2 rings (SSSR count). The maximum Gasteiger partial charge on any atom is 0.305 e. The molecule has 2 aromatic rings. The number of hydrogen-bond acceptors (Lipinski definition) is 6. The van der Waals surface area contributed by atoms with Crippen molar-refractivity contribution in [3.8, 4) is 11.6 Å². The minimum absolute atomic E-state index is 0.0762. The Morgan fingerprint density at radius 2 is 1.88 bits per heavy atom. The first-order chi connectivity index (χ1) is 11.4. The number of aliphatic hydroxyl groups excluding tert-OH is 1. The van der Waals surface area contributed by atoms with Crippen LogP contribution < -0.4 is 15.1 Å².